The van der Waals surface area contributed by atoms with Crippen LogP contribution in [0.15, 0.2) is 0 Å². The van der Waals surface area contributed by atoms with Crippen molar-refractivity contribution in [3.63, 3.8) is 0 Å². The van der Waals surface area contributed by atoms with Crippen LogP contribution in [0.1, 0.15) is 51.4 Å². The fourth-order valence-electron chi connectivity index (χ4n) is 2.13. The minimum Gasteiger partial charge on any atom is -0.396 e. The summed E-state index contributed by atoms with van der Waals surface area (Å²) in [6, 6.07) is -0.0656. The van der Waals surface area contributed by atoms with Gasteiger partial charge in [0.25, 0.3) is 0 Å². The van der Waals surface area contributed by atoms with Gasteiger partial charge >= 0.3 is 0 Å². The predicted molar refractivity (Wildman–Crippen MR) is 62.0 cm³/mol. The first kappa shape index (κ1) is 13.5. The van der Waals surface area contributed by atoms with Crippen molar-refractivity contribution in [1.29, 1.82) is 0 Å². The summed E-state index contributed by atoms with van der Waals surface area (Å²) < 4.78 is 0. The highest BCUT2D eigenvalue weighted by atomic mass is 16.3. The Balaban J connectivity index is 2.25. The van der Waals surface area contributed by atoms with Crippen LogP contribution in [0.4, 0.5) is 0 Å². The smallest absolute Gasteiger partial charge is 0.220 e. The molecule has 0 radical (unpaired) electrons. The third-order valence-corrected chi connectivity index (χ3v) is 3.14. The van der Waals surface area contributed by atoms with Crippen molar-refractivity contribution in [3.8, 4) is 0 Å². The molecule has 0 bridgehead atoms. The summed E-state index contributed by atoms with van der Waals surface area (Å²) in [4.78, 5) is 11.5. The second-order valence-corrected chi connectivity index (χ2v) is 4.56. The molecule has 2 atom stereocenters. The Morgan fingerprint density at radius 3 is 2.69 bits per heavy atom. The number of aliphatic hydroxyl groups is 2. The van der Waals surface area contributed by atoms with E-state index >= 15 is 0 Å². The number of unbranched alkanes of at least 4 members (excludes halogenated alkanes) is 1. The second kappa shape index (κ2) is 7.63. The quantitative estimate of drug-likeness (QED) is 0.486. The van der Waals surface area contributed by atoms with Gasteiger partial charge in [-0.05, 0) is 25.7 Å². The molecule has 4 heteroatoms. The second-order valence-electron chi connectivity index (χ2n) is 4.56. The molecule has 3 N–H and O–H groups in total. The zero-order chi connectivity index (χ0) is 11.8. The van der Waals surface area contributed by atoms with Crippen LogP contribution in [0.3, 0.4) is 0 Å². The van der Waals surface area contributed by atoms with Crippen LogP contribution in [0.2, 0.25) is 0 Å². The number of aliphatic hydroxyl groups excluding tert-OH is 2. The zero-order valence-corrected chi connectivity index (χ0v) is 9.82. The van der Waals surface area contributed by atoms with Gasteiger partial charge in [0.15, 0.2) is 0 Å². The molecule has 0 aromatic heterocycles. The highest BCUT2D eigenvalue weighted by Gasteiger charge is 2.22. The first-order valence-electron chi connectivity index (χ1n) is 6.32. The number of carbonyl (C=O) groups is 1. The van der Waals surface area contributed by atoms with E-state index in [-0.39, 0.29) is 24.7 Å². The van der Waals surface area contributed by atoms with Crippen molar-refractivity contribution in [1.82, 2.24) is 5.32 Å². The lowest BCUT2D eigenvalue weighted by molar-refractivity contribution is -0.122. The summed E-state index contributed by atoms with van der Waals surface area (Å²) in [6.45, 7) is 0.138. The molecule has 0 aliphatic heterocycles. The van der Waals surface area contributed by atoms with Crippen molar-refractivity contribution in [2.24, 2.45) is 0 Å². The van der Waals surface area contributed by atoms with Crippen molar-refractivity contribution in [3.05, 3.63) is 0 Å². The van der Waals surface area contributed by atoms with Gasteiger partial charge in [-0.1, -0.05) is 19.3 Å². The molecule has 1 fully saturated rings. The number of hydrogen-bond acceptors (Lipinski definition) is 3. The highest BCUT2D eigenvalue weighted by Crippen LogP contribution is 2.18. The van der Waals surface area contributed by atoms with Gasteiger partial charge < -0.3 is 15.5 Å². The standard InChI is InChI=1S/C12H23NO3/c14-9-5-4-8-12(16)13-10-6-2-1-3-7-11(10)15/h10-11,14-15H,1-9H2,(H,13,16). The third kappa shape index (κ3) is 4.94. The summed E-state index contributed by atoms with van der Waals surface area (Å²) in [5.41, 5.74) is 0. The maximum absolute atomic E-state index is 11.5. The van der Waals surface area contributed by atoms with Gasteiger partial charge in [0.1, 0.15) is 0 Å². The molecule has 0 heterocycles. The molecule has 16 heavy (non-hydrogen) atoms. The maximum Gasteiger partial charge on any atom is 0.220 e. The number of carbonyl (C=O) groups excluding carboxylic acids is 1. The van der Waals surface area contributed by atoms with Gasteiger partial charge in [-0.3, -0.25) is 4.79 Å². The molecule has 94 valence electrons. The van der Waals surface area contributed by atoms with Gasteiger partial charge in [-0.15, -0.1) is 0 Å². The summed E-state index contributed by atoms with van der Waals surface area (Å²) in [5.74, 6) is -0.000556. The van der Waals surface area contributed by atoms with Crippen LogP contribution in [0, 0.1) is 0 Å². The van der Waals surface area contributed by atoms with E-state index in [1.165, 1.54) is 0 Å². The Bertz CT molecular complexity index is 208. The lowest BCUT2D eigenvalue weighted by Crippen LogP contribution is -2.42. The molecular weight excluding hydrogens is 206 g/mol. The van der Waals surface area contributed by atoms with Crippen LogP contribution >= 0.6 is 0 Å². The molecule has 2 unspecified atom stereocenters. The Hall–Kier alpha value is -0.610. The average Bonchev–Trinajstić information content (AvgIpc) is 2.45. The monoisotopic (exact) mass is 229 g/mol. The molecule has 0 aromatic carbocycles. The normalized spacial score (nSPS) is 26.1. The van der Waals surface area contributed by atoms with E-state index in [0.717, 1.165) is 32.1 Å². The van der Waals surface area contributed by atoms with Crippen LogP contribution in [-0.4, -0.2) is 34.9 Å². The summed E-state index contributed by atoms with van der Waals surface area (Å²) in [6.07, 6.45) is 6.40. The lowest BCUT2D eigenvalue weighted by Gasteiger charge is -2.21. The van der Waals surface area contributed by atoms with Gasteiger partial charge in [0.2, 0.25) is 5.91 Å². The van der Waals surface area contributed by atoms with E-state index in [2.05, 4.69) is 5.32 Å². The van der Waals surface area contributed by atoms with E-state index in [1.807, 2.05) is 0 Å². The molecule has 1 aliphatic carbocycles. The molecule has 4 nitrogen and oxygen atoms in total. The van der Waals surface area contributed by atoms with Crippen LogP contribution in [0.5, 0.6) is 0 Å². The molecule has 0 saturated heterocycles. The first-order valence-corrected chi connectivity index (χ1v) is 6.32. The van der Waals surface area contributed by atoms with Crippen molar-refractivity contribution < 1.29 is 15.0 Å². The maximum atomic E-state index is 11.5. The zero-order valence-electron chi connectivity index (χ0n) is 9.82. The van der Waals surface area contributed by atoms with Crippen molar-refractivity contribution >= 4 is 5.91 Å². The van der Waals surface area contributed by atoms with Gasteiger partial charge in [-0.2, -0.15) is 0 Å². The highest BCUT2D eigenvalue weighted by molar-refractivity contribution is 5.76. The van der Waals surface area contributed by atoms with Crippen LogP contribution in [0.25, 0.3) is 0 Å². The number of nitrogens with one attached hydrogen (secondary N) is 1. The van der Waals surface area contributed by atoms with E-state index in [9.17, 15) is 9.90 Å². The summed E-state index contributed by atoms with van der Waals surface area (Å²) >= 11 is 0. The van der Waals surface area contributed by atoms with E-state index in [1.54, 1.807) is 0 Å². The topological polar surface area (TPSA) is 69.6 Å². The molecule has 1 rings (SSSR count). The van der Waals surface area contributed by atoms with Crippen LogP contribution < -0.4 is 5.32 Å². The Morgan fingerprint density at radius 2 is 1.94 bits per heavy atom. The van der Waals surface area contributed by atoms with Gasteiger partial charge in [0.05, 0.1) is 12.1 Å². The SMILES string of the molecule is O=C(CCCCO)NC1CCCCCC1O. The van der Waals surface area contributed by atoms with Gasteiger partial charge in [-0.25, -0.2) is 0 Å². The molecule has 0 spiro atoms. The predicted octanol–water partition coefficient (Wildman–Crippen LogP) is 0.959. The van der Waals surface area contributed by atoms with E-state index < -0.39 is 0 Å². The summed E-state index contributed by atoms with van der Waals surface area (Å²) in [5, 5.41) is 21.3. The summed E-state index contributed by atoms with van der Waals surface area (Å²) in [7, 11) is 0. The fourth-order valence-corrected chi connectivity index (χ4v) is 2.13. The largest absolute Gasteiger partial charge is 0.396 e. The van der Waals surface area contributed by atoms with Gasteiger partial charge in [0, 0.05) is 13.0 Å². The van der Waals surface area contributed by atoms with E-state index in [4.69, 9.17) is 5.11 Å². The molecule has 1 aliphatic rings. The molecule has 1 amide bonds. The Morgan fingerprint density at radius 1 is 1.19 bits per heavy atom. The molecule has 1 saturated carbocycles. The van der Waals surface area contributed by atoms with Crippen molar-refractivity contribution in [2.45, 2.75) is 63.5 Å². The number of hydrogen-bond donors (Lipinski definition) is 3. The lowest BCUT2D eigenvalue weighted by atomic mass is 10.1. The minimum absolute atomic E-state index is 0.000556. The Kier molecular flexibility index (Phi) is 6.42. The van der Waals surface area contributed by atoms with Crippen LogP contribution in [-0.2, 0) is 4.79 Å². The molecule has 0 aromatic rings. The Labute approximate surface area is 97.0 Å². The third-order valence-electron chi connectivity index (χ3n) is 3.14. The molecular formula is C12H23NO3. The van der Waals surface area contributed by atoms with E-state index in [0.29, 0.717) is 19.3 Å². The fraction of sp³-hybridized carbons (Fsp3) is 0.917. The number of rotatable bonds is 5. The van der Waals surface area contributed by atoms with Crippen molar-refractivity contribution in [2.75, 3.05) is 6.61 Å². The first-order chi connectivity index (χ1) is 7.74. The minimum atomic E-state index is -0.385. The average molecular weight is 229 g/mol. The number of amides is 1.